The van der Waals surface area contributed by atoms with Crippen molar-refractivity contribution in [1.82, 2.24) is 10.6 Å². The van der Waals surface area contributed by atoms with Gasteiger partial charge in [0.05, 0.1) is 5.92 Å². The zero-order chi connectivity index (χ0) is 14.2. The quantitative estimate of drug-likeness (QED) is 0.700. The van der Waals surface area contributed by atoms with Gasteiger partial charge in [-0.2, -0.15) is 0 Å². The van der Waals surface area contributed by atoms with Crippen molar-refractivity contribution in [3.05, 3.63) is 35.4 Å². The summed E-state index contributed by atoms with van der Waals surface area (Å²) < 4.78 is 0. The molecule has 3 amide bonds. The van der Waals surface area contributed by atoms with Crippen molar-refractivity contribution in [3.63, 3.8) is 0 Å². The molecular weight excluding hydrogens is 248 g/mol. The lowest BCUT2D eigenvalue weighted by Crippen LogP contribution is -2.51. The number of rotatable bonds is 3. The Morgan fingerprint density at radius 2 is 2.05 bits per heavy atom. The zero-order valence-corrected chi connectivity index (χ0v) is 10.6. The molecule has 6 nitrogen and oxygen atoms in total. The van der Waals surface area contributed by atoms with E-state index in [-0.39, 0.29) is 0 Å². The molecule has 0 saturated carbocycles. The van der Waals surface area contributed by atoms with Crippen LogP contribution in [-0.4, -0.2) is 23.0 Å². The Morgan fingerprint density at radius 3 is 2.53 bits per heavy atom. The van der Waals surface area contributed by atoms with Gasteiger partial charge in [0.1, 0.15) is 0 Å². The van der Waals surface area contributed by atoms with Crippen molar-refractivity contribution < 1.29 is 19.5 Å². The van der Waals surface area contributed by atoms with Crippen molar-refractivity contribution in [1.29, 1.82) is 0 Å². The van der Waals surface area contributed by atoms with E-state index in [9.17, 15) is 19.5 Å². The molecule has 3 N–H and O–H groups in total. The van der Waals surface area contributed by atoms with Crippen LogP contribution in [0.25, 0.3) is 0 Å². The van der Waals surface area contributed by atoms with Crippen LogP contribution in [0.5, 0.6) is 0 Å². The van der Waals surface area contributed by atoms with E-state index in [1.54, 1.807) is 18.2 Å². The summed E-state index contributed by atoms with van der Waals surface area (Å²) in [4.78, 5) is 34.8. The fourth-order valence-electron chi connectivity index (χ4n) is 2.30. The molecule has 0 spiro atoms. The molecule has 1 saturated heterocycles. The third-order valence-corrected chi connectivity index (χ3v) is 3.39. The first-order valence-electron chi connectivity index (χ1n) is 5.81. The maximum Gasteiger partial charge on any atom is 0.322 e. The van der Waals surface area contributed by atoms with Crippen LogP contribution in [0, 0.1) is 12.8 Å². The number of carbonyl (C=O) groups is 3. The van der Waals surface area contributed by atoms with Gasteiger partial charge in [-0.15, -0.1) is 0 Å². The summed E-state index contributed by atoms with van der Waals surface area (Å²) in [5.41, 5.74) is -0.219. The van der Waals surface area contributed by atoms with Gasteiger partial charge in [0.15, 0.2) is 5.54 Å². The van der Waals surface area contributed by atoms with Gasteiger partial charge in [-0.25, -0.2) is 4.79 Å². The number of carboxylic acids is 1. The number of carbonyl (C=O) groups excluding carboxylic acids is 2. The number of carboxylic acid groups (broad SMARTS) is 1. The summed E-state index contributed by atoms with van der Waals surface area (Å²) >= 11 is 0. The third kappa shape index (κ3) is 1.95. The molecule has 100 valence electrons. The Kier molecular flexibility index (Phi) is 3.01. The highest BCUT2D eigenvalue weighted by Gasteiger charge is 2.54. The molecule has 2 atom stereocenters. The van der Waals surface area contributed by atoms with E-state index in [1.165, 1.54) is 6.92 Å². The second kappa shape index (κ2) is 4.38. The number of urea groups is 1. The van der Waals surface area contributed by atoms with Crippen LogP contribution in [0.15, 0.2) is 24.3 Å². The lowest BCUT2D eigenvalue weighted by molar-refractivity contribution is -0.147. The largest absolute Gasteiger partial charge is 0.481 e. The molecule has 1 fully saturated rings. The van der Waals surface area contributed by atoms with Crippen LogP contribution in [0.3, 0.4) is 0 Å². The summed E-state index contributed by atoms with van der Waals surface area (Å²) in [7, 11) is 0. The molecule has 0 aromatic heterocycles. The van der Waals surface area contributed by atoms with Crippen LogP contribution < -0.4 is 10.6 Å². The number of hydrogen-bond acceptors (Lipinski definition) is 3. The molecule has 1 aromatic carbocycles. The Balaban J connectivity index is 2.61. The minimum Gasteiger partial charge on any atom is -0.481 e. The topological polar surface area (TPSA) is 95.5 Å². The van der Waals surface area contributed by atoms with Crippen molar-refractivity contribution in [2.75, 3.05) is 0 Å². The summed E-state index contributed by atoms with van der Waals surface area (Å²) in [6.07, 6.45) is 0. The first-order chi connectivity index (χ1) is 8.87. The monoisotopic (exact) mass is 262 g/mol. The normalized spacial score (nSPS) is 23.7. The SMILES string of the molecule is Cc1cccc(C2(C(C)C(=O)O)NC(=O)NC2=O)c1. The van der Waals surface area contributed by atoms with Crippen LogP contribution in [0.2, 0.25) is 0 Å². The van der Waals surface area contributed by atoms with Crippen LogP contribution in [0.1, 0.15) is 18.1 Å². The number of benzene rings is 1. The number of hydrogen-bond donors (Lipinski definition) is 3. The molecule has 0 bridgehead atoms. The maximum atomic E-state index is 12.1. The van der Waals surface area contributed by atoms with Crippen molar-refractivity contribution in [3.8, 4) is 0 Å². The lowest BCUT2D eigenvalue weighted by atomic mass is 9.78. The van der Waals surface area contributed by atoms with Gasteiger partial charge in [-0.05, 0) is 19.4 Å². The van der Waals surface area contributed by atoms with Crippen LogP contribution in [-0.2, 0) is 15.1 Å². The molecule has 19 heavy (non-hydrogen) atoms. The Hall–Kier alpha value is -2.37. The highest BCUT2D eigenvalue weighted by Crippen LogP contribution is 2.33. The van der Waals surface area contributed by atoms with Gasteiger partial charge in [0, 0.05) is 0 Å². The minimum atomic E-state index is -1.56. The van der Waals surface area contributed by atoms with Gasteiger partial charge >= 0.3 is 12.0 Å². The van der Waals surface area contributed by atoms with Crippen molar-refractivity contribution in [2.45, 2.75) is 19.4 Å². The first-order valence-corrected chi connectivity index (χ1v) is 5.81. The summed E-state index contributed by atoms with van der Waals surface area (Å²) in [6, 6.07) is 6.21. The highest BCUT2D eigenvalue weighted by molar-refractivity contribution is 6.09. The zero-order valence-electron chi connectivity index (χ0n) is 10.6. The molecule has 0 aliphatic carbocycles. The Morgan fingerprint density at radius 1 is 1.37 bits per heavy atom. The molecule has 2 rings (SSSR count). The van der Waals surface area contributed by atoms with Crippen molar-refractivity contribution in [2.24, 2.45) is 5.92 Å². The molecule has 6 heteroatoms. The number of nitrogens with one attached hydrogen (secondary N) is 2. The van der Waals surface area contributed by atoms with Gasteiger partial charge in [-0.1, -0.05) is 29.8 Å². The number of aryl methyl sites for hydroxylation is 1. The standard InChI is InChI=1S/C13H14N2O4/c1-7-4-3-5-9(6-7)13(8(2)10(16)17)11(18)14-12(19)15-13/h3-6,8H,1-2H3,(H,16,17)(H2,14,15,18,19). The summed E-state index contributed by atoms with van der Waals surface area (Å²) in [6.45, 7) is 3.23. The maximum absolute atomic E-state index is 12.1. The molecule has 1 aromatic rings. The predicted molar refractivity (Wildman–Crippen MR) is 66.3 cm³/mol. The second-order valence-electron chi connectivity index (χ2n) is 4.65. The van der Waals surface area contributed by atoms with Crippen molar-refractivity contribution >= 4 is 17.9 Å². The lowest BCUT2D eigenvalue weighted by Gasteiger charge is -2.30. The highest BCUT2D eigenvalue weighted by atomic mass is 16.4. The van der Waals surface area contributed by atoms with E-state index in [0.717, 1.165) is 5.56 Å². The molecule has 2 unspecified atom stereocenters. The Bertz CT molecular complexity index is 570. The second-order valence-corrected chi connectivity index (χ2v) is 4.65. The average molecular weight is 262 g/mol. The molecule has 0 radical (unpaired) electrons. The molecular formula is C13H14N2O4. The van der Waals surface area contributed by atoms with E-state index < -0.39 is 29.4 Å². The summed E-state index contributed by atoms with van der Waals surface area (Å²) in [5, 5.41) is 13.8. The van der Waals surface area contributed by atoms with Gasteiger partial charge in [-0.3, -0.25) is 14.9 Å². The fourth-order valence-corrected chi connectivity index (χ4v) is 2.30. The average Bonchev–Trinajstić information content (AvgIpc) is 2.64. The predicted octanol–water partition coefficient (Wildman–Crippen LogP) is 0.750. The molecule has 1 aliphatic rings. The number of amides is 3. The summed E-state index contributed by atoms with van der Waals surface area (Å²) in [5.74, 6) is -2.88. The number of aliphatic carboxylic acids is 1. The smallest absolute Gasteiger partial charge is 0.322 e. The minimum absolute atomic E-state index is 0.464. The molecule has 1 heterocycles. The van der Waals surface area contributed by atoms with E-state index >= 15 is 0 Å². The van der Waals surface area contributed by atoms with E-state index in [4.69, 9.17) is 0 Å². The Labute approximate surface area is 109 Å². The van der Waals surface area contributed by atoms with E-state index in [0.29, 0.717) is 5.56 Å². The first kappa shape index (κ1) is 13.1. The van der Waals surface area contributed by atoms with Gasteiger partial charge < -0.3 is 10.4 Å². The van der Waals surface area contributed by atoms with Crippen LogP contribution in [0.4, 0.5) is 4.79 Å². The third-order valence-electron chi connectivity index (χ3n) is 3.39. The fraction of sp³-hybridized carbons (Fsp3) is 0.308. The van der Waals surface area contributed by atoms with Gasteiger partial charge in [0.25, 0.3) is 5.91 Å². The van der Waals surface area contributed by atoms with Crippen LogP contribution >= 0.6 is 0 Å². The van der Waals surface area contributed by atoms with E-state index in [2.05, 4.69) is 10.6 Å². The number of imide groups is 1. The van der Waals surface area contributed by atoms with Gasteiger partial charge in [0.2, 0.25) is 0 Å². The van der Waals surface area contributed by atoms with E-state index in [1.807, 2.05) is 13.0 Å². The molecule has 1 aliphatic heterocycles.